The zero-order chi connectivity index (χ0) is 32.2. The molecule has 0 fully saturated rings. The number of hydrogen-bond acceptors (Lipinski definition) is 2. The van der Waals surface area contributed by atoms with Crippen molar-refractivity contribution in [2.45, 2.75) is 12.8 Å². The molecule has 0 N–H and O–H groups in total. The van der Waals surface area contributed by atoms with E-state index < -0.39 is 0 Å². The van der Waals surface area contributed by atoms with Crippen LogP contribution in [-0.4, -0.2) is 31.6 Å². The lowest BCUT2D eigenvalue weighted by atomic mass is 10.1. The van der Waals surface area contributed by atoms with Crippen molar-refractivity contribution in [1.29, 1.82) is 0 Å². The van der Waals surface area contributed by atoms with Gasteiger partial charge in [0.25, 0.3) is 0 Å². The van der Waals surface area contributed by atoms with E-state index in [1.165, 1.54) is 32.5 Å². The number of nitrogens with zero attached hydrogens (tertiary/aromatic N) is 5. The lowest BCUT2D eigenvalue weighted by Crippen LogP contribution is -2.10. The van der Waals surface area contributed by atoms with E-state index >= 15 is 0 Å². The van der Waals surface area contributed by atoms with Gasteiger partial charge < -0.3 is 0 Å². The summed E-state index contributed by atoms with van der Waals surface area (Å²) in [6, 6.07) is 36.7. The van der Waals surface area contributed by atoms with E-state index in [9.17, 15) is 0 Å². The number of aliphatic imine (C=N–C) groups is 1. The Morgan fingerprint density at radius 2 is 1.25 bits per heavy atom. The second-order valence-electron chi connectivity index (χ2n) is 12.1. The average Bonchev–Trinajstić information content (AvgIpc) is 3.74. The lowest BCUT2D eigenvalue weighted by molar-refractivity contribution is 0.982. The number of benzene rings is 4. The first-order chi connectivity index (χ1) is 23.8. The highest BCUT2D eigenvalue weighted by molar-refractivity contribution is 6.26. The van der Waals surface area contributed by atoms with Gasteiger partial charge in [-0.1, -0.05) is 110 Å². The van der Waals surface area contributed by atoms with Crippen molar-refractivity contribution in [2.24, 2.45) is 4.99 Å². The van der Waals surface area contributed by atoms with Gasteiger partial charge in [0, 0.05) is 39.5 Å². The van der Waals surface area contributed by atoms with Crippen molar-refractivity contribution in [3.05, 3.63) is 151 Å². The molecule has 5 heteroatoms. The summed E-state index contributed by atoms with van der Waals surface area (Å²) in [5.74, 6) is 2.58. The van der Waals surface area contributed by atoms with Crippen LogP contribution in [0.1, 0.15) is 24.1 Å². The first-order valence-electron chi connectivity index (χ1n) is 16.4. The molecule has 0 aliphatic heterocycles. The first kappa shape index (κ1) is 28.1. The van der Waals surface area contributed by atoms with Gasteiger partial charge in [-0.2, -0.15) is 0 Å². The van der Waals surface area contributed by atoms with Crippen LogP contribution in [0.3, 0.4) is 0 Å². The van der Waals surface area contributed by atoms with Crippen molar-refractivity contribution in [2.75, 3.05) is 7.05 Å². The maximum absolute atomic E-state index is 5.48. The van der Waals surface area contributed by atoms with Crippen LogP contribution in [0.4, 0.5) is 0 Å². The minimum Gasteiger partial charge on any atom is -0.294 e. The summed E-state index contributed by atoms with van der Waals surface area (Å²) in [7, 11) is 1.85. The van der Waals surface area contributed by atoms with E-state index in [4.69, 9.17) is 9.98 Å². The molecule has 0 saturated heterocycles. The van der Waals surface area contributed by atoms with Crippen LogP contribution in [0.5, 0.6) is 0 Å². The summed E-state index contributed by atoms with van der Waals surface area (Å²) in [6.45, 7) is 3.92. The molecule has 0 radical (unpaired) electrons. The highest BCUT2D eigenvalue weighted by Crippen LogP contribution is 2.40. The van der Waals surface area contributed by atoms with Gasteiger partial charge in [-0.05, 0) is 55.3 Å². The largest absolute Gasteiger partial charge is 0.294 e. The van der Waals surface area contributed by atoms with Gasteiger partial charge in [0.05, 0.1) is 33.3 Å². The van der Waals surface area contributed by atoms with Gasteiger partial charge >= 0.3 is 0 Å². The Balaban J connectivity index is 1.41. The van der Waals surface area contributed by atoms with Crippen LogP contribution in [0, 0.1) is 0 Å². The van der Waals surface area contributed by atoms with Crippen LogP contribution < -0.4 is 0 Å². The molecule has 0 spiro atoms. The molecule has 4 heterocycles. The van der Waals surface area contributed by atoms with Gasteiger partial charge in [0.15, 0.2) is 0 Å². The third kappa shape index (κ3) is 4.11. The second kappa shape index (κ2) is 11.2. The van der Waals surface area contributed by atoms with E-state index in [1.54, 1.807) is 6.08 Å². The fourth-order valence-corrected chi connectivity index (χ4v) is 7.50. The molecule has 8 aromatic rings. The maximum atomic E-state index is 5.48. The van der Waals surface area contributed by atoms with E-state index in [1.807, 2.05) is 19.2 Å². The molecular weight excluding hydrogens is 587 g/mol. The molecule has 1 aliphatic rings. The minimum absolute atomic E-state index is 0.837. The van der Waals surface area contributed by atoms with Gasteiger partial charge in [0.2, 0.25) is 0 Å². The van der Waals surface area contributed by atoms with Crippen molar-refractivity contribution in [3.63, 3.8) is 0 Å². The summed E-state index contributed by atoms with van der Waals surface area (Å²) < 4.78 is 6.93. The fraction of sp³-hybridized carbons (Fsp3) is 0.0698. The van der Waals surface area contributed by atoms with Gasteiger partial charge in [-0.3, -0.25) is 18.7 Å². The summed E-state index contributed by atoms with van der Waals surface area (Å²) >= 11 is 0. The molecule has 0 saturated carbocycles. The van der Waals surface area contributed by atoms with Gasteiger partial charge in [0.1, 0.15) is 17.5 Å². The Bertz CT molecular complexity index is 2700. The Kier molecular flexibility index (Phi) is 6.57. The molecule has 9 rings (SSSR count). The molecular formula is C43H33N5. The first-order valence-corrected chi connectivity index (χ1v) is 16.4. The van der Waals surface area contributed by atoms with E-state index in [0.29, 0.717) is 0 Å². The topological polar surface area (TPSA) is 40.0 Å². The standard InChI is InChI=1S/C43H33N5/c1-3-4-24-39(44-2)47-37-22-13-10-18-31(37)33-27-28-34-32-19-11-14-23-38(32)48(43(34)42(33)47)41-26-15-25-40(45-41)46-35-20-8-6-5-7-16-29(35)30-17-9-12-21-36(30)46/h3-4,7-28H,1,5-6H2,2H3/b16-7-,20-8?,24-4-,44-39?. The predicted molar refractivity (Wildman–Crippen MR) is 204 cm³/mol. The summed E-state index contributed by atoms with van der Waals surface area (Å²) in [5, 5.41) is 5.92. The molecule has 230 valence electrons. The van der Waals surface area contributed by atoms with Crippen molar-refractivity contribution >= 4 is 72.5 Å². The summed E-state index contributed by atoms with van der Waals surface area (Å²) in [5.41, 5.74) is 7.92. The van der Waals surface area contributed by atoms with E-state index in [-0.39, 0.29) is 0 Å². The Morgan fingerprint density at radius 1 is 0.646 bits per heavy atom. The Labute approximate surface area is 278 Å². The van der Waals surface area contributed by atoms with Crippen LogP contribution in [0.25, 0.3) is 78.3 Å². The zero-order valence-corrected chi connectivity index (χ0v) is 26.7. The quantitative estimate of drug-likeness (QED) is 0.110. The zero-order valence-electron chi connectivity index (χ0n) is 26.7. The highest BCUT2D eigenvalue weighted by Gasteiger charge is 2.23. The summed E-state index contributed by atoms with van der Waals surface area (Å²) in [4.78, 5) is 10.2. The monoisotopic (exact) mass is 619 g/mol. The predicted octanol–water partition coefficient (Wildman–Crippen LogP) is 10.7. The molecule has 5 nitrogen and oxygen atoms in total. The molecule has 0 atom stereocenters. The fourth-order valence-electron chi connectivity index (χ4n) is 7.50. The molecule has 1 aliphatic carbocycles. The molecule has 0 bridgehead atoms. The van der Waals surface area contributed by atoms with Crippen molar-refractivity contribution in [1.82, 2.24) is 18.7 Å². The second-order valence-corrected chi connectivity index (χ2v) is 12.1. The highest BCUT2D eigenvalue weighted by atomic mass is 15.2. The van der Waals surface area contributed by atoms with E-state index in [2.05, 4.69) is 148 Å². The maximum Gasteiger partial charge on any atom is 0.140 e. The number of aromatic nitrogens is 4. The number of allylic oxidation sites excluding steroid dienone is 5. The van der Waals surface area contributed by atoms with Gasteiger partial charge in [-0.15, -0.1) is 0 Å². The van der Waals surface area contributed by atoms with Gasteiger partial charge in [-0.25, -0.2) is 4.98 Å². The number of rotatable bonds is 4. The SMILES string of the molecule is C=C/C=C\C(=NC)n1c2ccccc2c2ccc3c4ccccc4n(-c4cccc(-n5c6c(c7ccccc75)/C=C\CCC=C6)n4)c3c21. The van der Waals surface area contributed by atoms with Crippen molar-refractivity contribution in [3.8, 4) is 11.6 Å². The Morgan fingerprint density at radius 3 is 1.98 bits per heavy atom. The Hall–Kier alpha value is -6.20. The van der Waals surface area contributed by atoms with Crippen LogP contribution in [-0.2, 0) is 0 Å². The van der Waals surface area contributed by atoms with Crippen LogP contribution in [0.15, 0.2) is 145 Å². The van der Waals surface area contributed by atoms with Crippen molar-refractivity contribution < 1.29 is 0 Å². The third-order valence-corrected chi connectivity index (χ3v) is 9.50. The normalized spacial score (nSPS) is 14.4. The lowest BCUT2D eigenvalue weighted by Gasteiger charge is -2.14. The number of hydrogen-bond donors (Lipinski definition) is 0. The smallest absolute Gasteiger partial charge is 0.140 e. The molecule has 0 unspecified atom stereocenters. The van der Waals surface area contributed by atoms with Crippen LogP contribution >= 0.6 is 0 Å². The van der Waals surface area contributed by atoms with Crippen LogP contribution in [0.2, 0.25) is 0 Å². The van der Waals surface area contributed by atoms with E-state index in [0.717, 1.165) is 63.6 Å². The number of para-hydroxylation sites is 3. The summed E-state index contributed by atoms with van der Waals surface area (Å²) in [6.07, 6.45) is 16.9. The average molecular weight is 620 g/mol. The number of pyridine rings is 1. The molecule has 0 amide bonds. The third-order valence-electron chi connectivity index (χ3n) is 9.50. The molecule has 48 heavy (non-hydrogen) atoms. The number of fused-ring (bicyclic) bond motifs is 10. The molecule has 4 aromatic heterocycles. The molecule has 4 aromatic carbocycles. The minimum atomic E-state index is 0.837.